The molecule has 2 bridgehead atoms. The maximum atomic E-state index is 13.9. The van der Waals surface area contributed by atoms with Crippen LogP contribution in [-0.2, 0) is 0 Å². The lowest BCUT2D eigenvalue weighted by Crippen LogP contribution is -2.29. The van der Waals surface area contributed by atoms with Crippen LogP contribution in [0.4, 0.5) is 8.78 Å². The van der Waals surface area contributed by atoms with Gasteiger partial charge < -0.3 is 30.0 Å². The molecule has 6 aromatic rings. The number of rotatable bonds is 6. The number of nitrogens with two attached hydrogens (primary N) is 1. The van der Waals surface area contributed by atoms with Gasteiger partial charge in [0.2, 0.25) is 11.8 Å². The molecular formula is C36H41BrCl2F2N8O5. The first kappa shape index (κ1) is 43.6. The van der Waals surface area contributed by atoms with Gasteiger partial charge in [-0.2, -0.15) is 0 Å². The molecule has 0 fully saturated rings. The summed E-state index contributed by atoms with van der Waals surface area (Å²) in [7, 11) is 0. The molecule has 54 heavy (non-hydrogen) atoms. The summed E-state index contributed by atoms with van der Waals surface area (Å²) in [6, 6.07) is 12.2. The maximum Gasteiger partial charge on any atom is 0.271 e. The first-order valence-corrected chi connectivity index (χ1v) is 17.0. The Balaban J connectivity index is 0.000000275. The largest absolute Gasteiger partial charge is 0.492 e. The van der Waals surface area contributed by atoms with Crippen molar-refractivity contribution in [3.05, 3.63) is 104 Å². The number of amides is 1. The van der Waals surface area contributed by atoms with Crippen LogP contribution in [-0.4, -0.2) is 61.4 Å². The smallest absolute Gasteiger partial charge is 0.271 e. The number of ether oxygens (including phenoxy) is 4. The fourth-order valence-corrected chi connectivity index (χ4v) is 6.12. The minimum absolute atomic E-state index is 0. The lowest BCUT2D eigenvalue weighted by atomic mass is 10.1. The number of aromatic nitrogens is 6. The molecule has 1 aliphatic rings. The predicted octanol–water partition coefficient (Wildman–Crippen LogP) is 8.45. The zero-order valence-corrected chi connectivity index (χ0v) is 30.0. The number of nitrogens with one attached hydrogen (secondary N) is 1. The molecule has 0 spiro atoms. The molecule has 2 atom stereocenters. The van der Waals surface area contributed by atoms with Gasteiger partial charge >= 0.3 is 0 Å². The van der Waals surface area contributed by atoms with Crippen LogP contribution in [0, 0.1) is 11.6 Å². The molecule has 0 radical (unpaired) electrons. The molecule has 1 aliphatic heterocycles. The van der Waals surface area contributed by atoms with E-state index < -0.39 is 23.8 Å². The average Bonchev–Trinajstić information content (AvgIpc) is 3.71. The van der Waals surface area contributed by atoms with Gasteiger partial charge in [-0.1, -0.05) is 45.5 Å². The molecular weight excluding hydrogens is 813 g/mol. The zero-order valence-electron chi connectivity index (χ0n) is 26.9. The molecule has 290 valence electrons. The van der Waals surface area contributed by atoms with E-state index >= 15 is 0 Å². The van der Waals surface area contributed by atoms with E-state index in [0.717, 1.165) is 0 Å². The number of benzene rings is 2. The lowest BCUT2D eigenvalue weighted by Gasteiger charge is -2.19. The molecule has 2 unspecified atom stereocenters. The number of carbonyl (C=O) groups excluding carboxylic acids is 1. The van der Waals surface area contributed by atoms with Gasteiger partial charge in [0.05, 0.1) is 40.1 Å². The fraction of sp³-hybridized carbons (Fsp3) is 0.306. The van der Waals surface area contributed by atoms with Crippen LogP contribution in [0.2, 0.25) is 10.0 Å². The molecule has 0 aliphatic carbocycles. The highest BCUT2D eigenvalue weighted by molar-refractivity contribution is 9.10. The summed E-state index contributed by atoms with van der Waals surface area (Å²) < 4.78 is 54.4. The van der Waals surface area contributed by atoms with Gasteiger partial charge in [-0.15, -0.1) is 10.2 Å². The molecule has 7 rings (SSSR count). The predicted molar refractivity (Wildman–Crippen MR) is 207 cm³/mol. The van der Waals surface area contributed by atoms with Gasteiger partial charge in [0.25, 0.3) is 5.91 Å². The second-order valence-electron chi connectivity index (χ2n) is 10.9. The molecule has 3 N–H and O–H groups in total. The number of hydrogen-bond acceptors (Lipinski definition) is 10. The SMILES string of the molecule is C.C.C.CC(Oc1ccc2ncc(Br)n2n1)c1c(OCCN)ccc(F)c1Cl.CC1Oc2ccc3ncc(n3n2)C(=O)NCCOc2ccc(F)c(Cl)c21. The van der Waals surface area contributed by atoms with Crippen molar-refractivity contribution >= 4 is 56.3 Å². The second-order valence-corrected chi connectivity index (χ2v) is 12.5. The average molecular weight is 855 g/mol. The Bertz CT molecular complexity index is 2220. The Morgan fingerprint density at radius 3 is 2.43 bits per heavy atom. The van der Waals surface area contributed by atoms with Crippen molar-refractivity contribution < 1.29 is 32.5 Å². The van der Waals surface area contributed by atoms with Crippen molar-refractivity contribution in [2.75, 3.05) is 26.3 Å². The minimum Gasteiger partial charge on any atom is -0.492 e. The van der Waals surface area contributed by atoms with E-state index in [2.05, 4.69) is 41.4 Å². The van der Waals surface area contributed by atoms with Crippen LogP contribution in [0.1, 0.15) is 70.0 Å². The van der Waals surface area contributed by atoms with Crippen molar-refractivity contribution in [2.24, 2.45) is 5.73 Å². The summed E-state index contributed by atoms with van der Waals surface area (Å²) in [5.41, 5.74) is 7.70. The van der Waals surface area contributed by atoms with Crippen LogP contribution in [0.5, 0.6) is 23.3 Å². The van der Waals surface area contributed by atoms with Gasteiger partial charge in [-0.05, 0) is 66.2 Å². The maximum absolute atomic E-state index is 13.9. The molecule has 0 saturated carbocycles. The van der Waals surface area contributed by atoms with Crippen LogP contribution < -0.4 is 30.0 Å². The highest BCUT2D eigenvalue weighted by Crippen LogP contribution is 2.38. The number of hydrogen-bond donors (Lipinski definition) is 2. The molecule has 5 heterocycles. The molecule has 13 nitrogen and oxygen atoms in total. The third-order valence-corrected chi connectivity index (χ3v) is 8.79. The first-order chi connectivity index (χ1) is 24.5. The fourth-order valence-electron chi connectivity index (χ4n) is 5.14. The zero-order chi connectivity index (χ0) is 36.2. The van der Waals surface area contributed by atoms with E-state index in [9.17, 15) is 13.6 Å². The van der Waals surface area contributed by atoms with E-state index in [-0.39, 0.29) is 69.6 Å². The minimum atomic E-state index is -0.630. The second kappa shape index (κ2) is 19.0. The summed E-state index contributed by atoms with van der Waals surface area (Å²) in [6.45, 7) is 4.50. The summed E-state index contributed by atoms with van der Waals surface area (Å²) in [6.07, 6.45) is 1.85. The quantitative estimate of drug-likeness (QED) is 0.167. The van der Waals surface area contributed by atoms with E-state index in [1.807, 2.05) is 0 Å². The number of fused-ring (bicyclic) bond motifs is 3. The van der Waals surface area contributed by atoms with Crippen LogP contribution in [0.15, 0.2) is 65.5 Å². The van der Waals surface area contributed by atoms with E-state index in [1.54, 1.807) is 48.8 Å². The van der Waals surface area contributed by atoms with Gasteiger partial charge in [0, 0.05) is 18.7 Å². The molecule has 4 aromatic heterocycles. The van der Waals surface area contributed by atoms with Gasteiger partial charge in [-0.25, -0.2) is 27.8 Å². The van der Waals surface area contributed by atoms with Crippen molar-refractivity contribution in [3.8, 4) is 23.3 Å². The summed E-state index contributed by atoms with van der Waals surface area (Å²) in [5.74, 6) is -0.0637. The van der Waals surface area contributed by atoms with Crippen LogP contribution in [0.25, 0.3) is 11.3 Å². The third-order valence-electron chi connectivity index (χ3n) is 7.48. The Kier molecular flexibility index (Phi) is 15.4. The highest BCUT2D eigenvalue weighted by Gasteiger charge is 2.24. The normalized spacial score (nSPS) is 14.1. The van der Waals surface area contributed by atoms with E-state index in [1.165, 1.54) is 35.0 Å². The Morgan fingerprint density at radius 1 is 0.981 bits per heavy atom. The monoisotopic (exact) mass is 852 g/mol. The van der Waals surface area contributed by atoms with Crippen molar-refractivity contribution in [3.63, 3.8) is 0 Å². The highest BCUT2D eigenvalue weighted by atomic mass is 79.9. The summed E-state index contributed by atoms with van der Waals surface area (Å²) in [5, 5.41) is 11.2. The number of carbonyl (C=O) groups is 1. The molecule has 2 aromatic carbocycles. The summed E-state index contributed by atoms with van der Waals surface area (Å²) >= 11 is 15.6. The van der Waals surface area contributed by atoms with Gasteiger partial charge in [0.1, 0.15) is 53.2 Å². The Labute approximate surface area is 329 Å². The molecule has 1 amide bonds. The topological polar surface area (TPSA) is 152 Å². The van der Waals surface area contributed by atoms with Crippen molar-refractivity contribution in [1.29, 1.82) is 0 Å². The number of imidazole rings is 2. The van der Waals surface area contributed by atoms with Gasteiger partial charge in [-0.3, -0.25) is 4.79 Å². The summed E-state index contributed by atoms with van der Waals surface area (Å²) in [4.78, 5) is 20.6. The standard InChI is InChI=1S/C17H14ClFN4O3.C16H15BrClFN4O2.3CH4/c1-9-15-12(3-2-10(19)16(15)18)25-7-6-20-17(24)11-8-21-13-4-5-14(26-9)22-23(11)13;1-9(15-11(24-7-6-20)3-2-10(19)16(15)18)25-14-5-4-13-21-8-12(17)23(13)22-14;;;/h2-5,8-9H,6-7H2,1H3,(H,20,24);2-5,8-9H,6-7,20H2,1H3;3*1H4. The van der Waals surface area contributed by atoms with Crippen LogP contribution >= 0.6 is 39.1 Å². The first-order valence-electron chi connectivity index (χ1n) is 15.4. The van der Waals surface area contributed by atoms with Gasteiger partial charge in [0.15, 0.2) is 17.0 Å². The molecule has 0 saturated heterocycles. The van der Waals surface area contributed by atoms with Crippen molar-refractivity contribution in [1.82, 2.24) is 34.5 Å². The van der Waals surface area contributed by atoms with Crippen molar-refractivity contribution in [2.45, 2.75) is 48.3 Å². The Morgan fingerprint density at radius 2 is 1.67 bits per heavy atom. The Hall–Kier alpha value is -4.77. The number of halogens is 5. The lowest BCUT2D eigenvalue weighted by molar-refractivity contribution is 0.0940. The van der Waals surface area contributed by atoms with Crippen LogP contribution in [0.3, 0.4) is 0 Å². The number of nitrogens with zero attached hydrogens (tertiary/aromatic N) is 6. The van der Waals surface area contributed by atoms with E-state index in [4.69, 9.17) is 47.9 Å². The van der Waals surface area contributed by atoms with E-state index in [0.29, 0.717) is 50.9 Å². The third kappa shape index (κ3) is 9.29. The molecule has 18 heteroatoms.